The number of nitrogens with one attached hydrogen (secondary N) is 1. The van der Waals surface area contributed by atoms with Crippen LogP contribution in [0.15, 0.2) is 0 Å². The molecule has 0 unspecified atom stereocenters. The molecule has 19 heavy (non-hydrogen) atoms. The lowest BCUT2D eigenvalue weighted by Gasteiger charge is -2.32. The zero-order valence-electron chi connectivity index (χ0n) is 11.5. The van der Waals surface area contributed by atoms with Crippen molar-refractivity contribution in [1.29, 1.82) is 0 Å². The molecular weight excluding hydrogens is 250 g/mol. The van der Waals surface area contributed by atoms with Crippen molar-refractivity contribution in [3.63, 3.8) is 0 Å². The predicted octanol–water partition coefficient (Wildman–Crippen LogP) is -0.585. The van der Waals surface area contributed by atoms with Gasteiger partial charge in [-0.2, -0.15) is 0 Å². The summed E-state index contributed by atoms with van der Waals surface area (Å²) in [4.78, 5) is 26.2. The molecule has 0 aromatic heterocycles. The first-order valence-electron chi connectivity index (χ1n) is 6.48. The molecule has 7 nitrogen and oxygen atoms in total. The highest BCUT2D eigenvalue weighted by molar-refractivity contribution is 5.82. The van der Waals surface area contributed by atoms with E-state index in [0.717, 1.165) is 25.9 Å². The van der Waals surface area contributed by atoms with Crippen molar-refractivity contribution in [2.45, 2.75) is 18.9 Å². The Balaban J connectivity index is 2.38. The molecule has 1 aliphatic heterocycles. The van der Waals surface area contributed by atoms with E-state index in [9.17, 15) is 9.59 Å². The number of amides is 2. The molecule has 7 heteroatoms. The molecule has 1 heterocycles. The lowest BCUT2D eigenvalue weighted by Crippen LogP contribution is -2.49. The van der Waals surface area contributed by atoms with Crippen LogP contribution in [0.4, 0.5) is 4.79 Å². The van der Waals surface area contributed by atoms with Crippen LogP contribution < -0.4 is 5.32 Å². The van der Waals surface area contributed by atoms with E-state index < -0.39 is 24.6 Å². The summed E-state index contributed by atoms with van der Waals surface area (Å²) in [6.45, 7) is 2.05. The number of nitrogens with zero attached hydrogens (tertiary/aromatic N) is 2. The molecule has 1 fully saturated rings. The monoisotopic (exact) mass is 273 g/mol. The van der Waals surface area contributed by atoms with E-state index in [1.165, 1.54) is 4.90 Å². The maximum Gasteiger partial charge on any atom is 0.328 e. The molecule has 0 saturated carbocycles. The van der Waals surface area contributed by atoms with Gasteiger partial charge in [-0.3, -0.25) is 0 Å². The fourth-order valence-corrected chi connectivity index (χ4v) is 2.16. The van der Waals surface area contributed by atoms with Gasteiger partial charge in [0.2, 0.25) is 0 Å². The first-order chi connectivity index (χ1) is 8.93. The van der Waals surface area contributed by atoms with Gasteiger partial charge in [-0.1, -0.05) is 0 Å². The maximum absolute atomic E-state index is 11.8. The van der Waals surface area contributed by atoms with E-state index in [1.807, 2.05) is 0 Å². The maximum atomic E-state index is 11.8. The van der Waals surface area contributed by atoms with Crippen molar-refractivity contribution in [2.24, 2.45) is 5.92 Å². The van der Waals surface area contributed by atoms with Crippen molar-refractivity contribution >= 4 is 12.0 Å². The van der Waals surface area contributed by atoms with Gasteiger partial charge in [-0.15, -0.1) is 0 Å². The van der Waals surface area contributed by atoms with Gasteiger partial charge in [-0.05, 0) is 38.9 Å². The Hall–Kier alpha value is -1.34. The Morgan fingerprint density at radius 3 is 2.47 bits per heavy atom. The number of piperidine rings is 1. The summed E-state index contributed by atoms with van der Waals surface area (Å²) < 4.78 is 0. The van der Waals surface area contributed by atoms with Gasteiger partial charge in [0.25, 0.3) is 0 Å². The fraction of sp³-hybridized carbons (Fsp3) is 0.833. The molecule has 3 N–H and O–H groups in total. The predicted molar refractivity (Wildman–Crippen MR) is 69.9 cm³/mol. The van der Waals surface area contributed by atoms with Crippen molar-refractivity contribution < 1.29 is 19.8 Å². The number of hydrogen-bond donors (Lipinski definition) is 3. The Labute approximate surface area is 113 Å². The minimum atomic E-state index is -1.24. The van der Waals surface area contributed by atoms with Crippen molar-refractivity contribution in [3.8, 4) is 0 Å². The Bertz CT molecular complexity index is 316. The smallest absolute Gasteiger partial charge is 0.328 e. The number of carbonyl (C=O) groups is 2. The normalized spacial score (nSPS) is 18.9. The zero-order valence-corrected chi connectivity index (χ0v) is 11.5. The summed E-state index contributed by atoms with van der Waals surface area (Å²) in [6, 6.07) is -1.70. The van der Waals surface area contributed by atoms with Crippen molar-refractivity contribution in [1.82, 2.24) is 15.1 Å². The van der Waals surface area contributed by atoms with E-state index in [1.54, 1.807) is 7.05 Å². The summed E-state index contributed by atoms with van der Waals surface area (Å²) >= 11 is 0. The standard InChI is InChI=1S/C12H23N3O4/c1-14-5-3-9(4-6-14)7-15(2)12(19)13-10(8-16)11(17)18/h9-10,16H,3-8H2,1-2H3,(H,13,19)(H,17,18)/t10-/m0/s1. The van der Waals surface area contributed by atoms with Gasteiger partial charge < -0.3 is 25.3 Å². The largest absolute Gasteiger partial charge is 0.480 e. The third kappa shape index (κ3) is 5.04. The summed E-state index contributed by atoms with van der Waals surface area (Å²) in [5.74, 6) is -0.784. The molecule has 1 aliphatic rings. The van der Waals surface area contributed by atoms with Gasteiger partial charge in [0.05, 0.1) is 6.61 Å². The van der Waals surface area contributed by atoms with Crippen LogP contribution in [0.2, 0.25) is 0 Å². The minimum absolute atomic E-state index is 0.448. The summed E-state index contributed by atoms with van der Waals surface area (Å²) in [7, 11) is 3.72. The van der Waals surface area contributed by atoms with Crippen LogP contribution in [0.1, 0.15) is 12.8 Å². The third-order valence-corrected chi connectivity index (χ3v) is 3.50. The molecule has 0 bridgehead atoms. The van der Waals surface area contributed by atoms with Crippen molar-refractivity contribution in [3.05, 3.63) is 0 Å². The highest BCUT2D eigenvalue weighted by atomic mass is 16.4. The van der Waals surface area contributed by atoms with Gasteiger partial charge in [0.1, 0.15) is 0 Å². The van der Waals surface area contributed by atoms with Crippen LogP contribution in [0.3, 0.4) is 0 Å². The molecule has 0 radical (unpaired) electrons. The number of aliphatic hydroxyl groups excluding tert-OH is 1. The van der Waals surface area contributed by atoms with E-state index >= 15 is 0 Å². The number of carboxylic acid groups (broad SMARTS) is 1. The number of carboxylic acids is 1. The van der Waals surface area contributed by atoms with Gasteiger partial charge in [0.15, 0.2) is 6.04 Å². The second-order valence-electron chi connectivity index (χ2n) is 5.15. The number of likely N-dealkylation sites (tertiary alicyclic amines) is 1. The Morgan fingerprint density at radius 1 is 1.42 bits per heavy atom. The second-order valence-corrected chi connectivity index (χ2v) is 5.15. The second kappa shape index (κ2) is 7.30. The lowest BCUT2D eigenvalue weighted by atomic mass is 9.97. The number of hydrogen-bond acceptors (Lipinski definition) is 4. The minimum Gasteiger partial charge on any atom is -0.480 e. The fourth-order valence-electron chi connectivity index (χ4n) is 2.16. The van der Waals surface area contributed by atoms with Gasteiger partial charge >= 0.3 is 12.0 Å². The molecule has 0 spiro atoms. The van der Waals surface area contributed by atoms with E-state index in [4.69, 9.17) is 10.2 Å². The first kappa shape index (κ1) is 15.7. The lowest BCUT2D eigenvalue weighted by molar-refractivity contribution is -0.140. The van der Waals surface area contributed by atoms with E-state index in [-0.39, 0.29) is 0 Å². The highest BCUT2D eigenvalue weighted by Gasteiger charge is 2.23. The third-order valence-electron chi connectivity index (χ3n) is 3.50. The van der Waals surface area contributed by atoms with Gasteiger partial charge in [-0.25, -0.2) is 9.59 Å². The molecule has 1 rings (SSSR count). The van der Waals surface area contributed by atoms with Crippen LogP contribution in [-0.2, 0) is 4.79 Å². The number of urea groups is 1. The highest BCUT2D eigenvalue weighted by Crippen LogP contribution is 2.16. The number of rotatable bonds is 5. The van der Waals surface area contributed by atoms with E-state index in [2.05, 4.69) is 17.3 Å². The zero-order chi connectivity index (χ0) is 14.4. The Kier molecular flexibility index (Phi) is 6.04. The van der Waals surface area contributed by atoms with E-state index in [0.29, 0.717) is 12.5 Å². The van der Waals surface area contributed by atoms with Crippen molar-refractivity contribution in [2.75, 3.05) is 40.3 Å². The van der Waals surface area contributed by atoms with Crippen LogP contribution in [0.25, 0.3) is 0 Å². The number of aliphatic hydroxyl groups is 1. The molecule has 110 valence electrons. The summed E-state index contributed by atoms with van der Waals surface area (Å²) in [5.41, 5.74) is 0. The molecular formula is C12H23N3O4. The average Bonchev–Trinajstić information content (AvgIpc) is 2.37. The molecule has 1 atom stereocenters. The number of carbonyl (C=O) groups excluding carboxylic acids is 1. The number of aliphatic carboxylic acids is 1. The quantitative estimate of drug-likeness (QED) is 0.623. The topological polar surface area (TPSA) is 93.1 Å². The SMILES string of the molecule is CN1CCC(CN(C)C(=O)N[C@@H](CO)C(=O)O)CC1. The first-order valence-corrected chi connectivity index (χ1v) is 6.48. The molecule has 2 amide bonds. The molecule has 0 aromatic carbocycles. The molecule has 0 aromatic rings. The average molecular weight is 273 g/mol. The van der Waals surface area contributed by atoms with Crippen LogP contribution in [0, 0.1) is 5.92 Å². The summed E-state index contributed by atoms with van der Waals surface area (Å²) in [6.07, 6.45) is 2.08. The van der Waals surface area contributed by atoms with Crippen LogP contribution in [0.5, 0.6) is 0 Å². The summed E-state index contributed by atoms with van der Waals surface area (Å²) in [5, 5.41) is 19.9. The Morgan fingerprint density at radius 2 is 2.00 bits per heavy atom. The molecule has 0 aliphatic carbocycles. The van der Waals surface area contributed by atoms with Crippen LogP contribution in [-0.4, -0.2) is 78.4 Å². The molecule has 1 saturated heterocycles. The van der Waals surface area contributed by atoms with Gasteiger partial charge in [0, 0.05) is 13.6 Å². The van der Waals surface area contributed by atoms with Crippen LogP contribution >= 0.6 is 0 Å².